The lowest BCUT2D eigenvalue weighted by Crippen LogP contribution is -2.30. The van der Waals surface area contributed by atoms with Crippen LogP contribution in [0.15, 0.2) is 0 Å². The molecule has 0 aliphatic heterocycles. The van der Waals surface area contributed by atoms with Gasteiger partial charge in [-0.25, -0.2) is 0 Å². The van der Waals surface area contributed by atoms with Gasteiger partial charge in [0.1, 0.15) is 13.2 Å². The van der Waals surface area contributed by atoms with Gasteiger partial charge in [0.2, 0.25) is 0 Å². The van der Waals surface area contributed by atoms with Crippen LogP contribution in [0.5, 0.6) is 0 Å². The second-order valence-electron chi connectivity index (χ2n) is 14.9. The Labute approximate surface area is 291 Å². The number of carbonyl (C=O) groups excluding carboxylic acids is 3. The molecule has 6 heteroatoms. The van der Waals surface area contributed by atoms with Gasteiger partial charge < -0.3 is 14.2 Å². The molecule has 47 heavy (non-hydrogen) atoms. The minimum absolute atomic E-state index is 0.0672. The number of hydrogen-bond donors (Lipinski definition) is 0. The van der Waals surface area contributed by atoms with Crippen LogP contribution in [0.2, 0.25) is 0 Å². The Balaban J connectivity index is 4.36. The predicted molar refractivity (Wildman–Crippen MR) is 196 cm³/mol. The van der Waals surface area contributed by atoms with Crippen LogP contribution in [0.25, 0.3) is 0 Å². The number of carbonyl (C=O) groups is 3. The molecule has 0 saturated heterocycles. The van der Waals surface area contributed by atoms with E-state index in [1.54, 1.807) is 0 Å². The van der Waals surface area contributed by atoms with Crippen molar-refractivity contribution >= 4 is 17.9 Å². The molecule has 0 N–H and O–H groups in total. The Hall–Kier alpha value is -1.59. The molecule has 0 radical (unpaired) electrons. The molecule has 0 fully saturated rings. The smallest absolute Gasteiger partial charge is 0.306 e. The zero-order valence-corrected chi connectivity index (χ0v) is 31.9. The summed E-state index contributed by atoms with van der Waals surface area (Å²) in [5, 5.41) is 0. The summed E-state index contributed by atoms with van der Waals surface area (Å²) in [6, 6.07) is 0. The number of unbranched alkanes of at least 4 members (excludes halogenated alkanes) is 20. The fraction of sp³-hybridized carbons (Fsp3) is 0.927. The molecule has 0 aromatic heterocycles. The molecule has 0 amide bonds. The first-order valence-corrected chi connectivity index (χ1v) is 20.2. The zero-order chi connectivity index (χ0) is 34.8. The van der Waals surface area contributed by atoms with Crippen LogP contribution in [-0.2, 0) is 28.6 Å². The molecular weight excluding hydrogens is 588 g/mol. The van der Waals surface area contributed by atoms with Gasteiger partial charge in [-0.3, -0.25) is 14.4 Å². The maximum absolute atomic E-state index is 12.6. The topological polar surface area (TPSA) is 78.9 Å². The van der Waals surface area contributed by atoms with Gasteiger partial charge in [0.05, 0.1) is 0 Å². The van der Waals surface area contributed by atoms with E-state index in [9.17, 15) is 14.4 Å². The summed E-state index contributed by atoms with van der Waals surface area (Å²) in [4.78, 5) is 37.4. The van der Waals surface area contributed by atoms with Crippen molar-refractivity contribution in [1.29, 1.82) is 0 Å². The van der Waals surface area contributed by atoms with Crippen LogP contribution in [0.3, 0.4) is 0 Å². The number of rotatable bonds is 35. The fourth-order valence-electron chi connectivity index (χ4n) is 5.87. The summed E-state index contributed by atoms with van der Waals surface area (Å²) >= 11 is 0. The third kappa shape index (κ3) is 35.5. The molecule has 0 heterocycles. The van der Waals surface area contributed by atoms with Gasteiger partial charge in [-0.1, -0.05) is 176 Å². The van der Waals surface area contributed by atoms with E-state index in [1.165, 1.54) is 103 Å². The van der Waals surface area contributed by atoms with Crippen molar-refractivity contribution in [2.45, 2.75) is 221 Å². The van der Waals surface area contributed by atoms with Gasteiger partial charge in [0.15, 0.2) is 6.10 Å². The minimum atomic E-state index is -0.759. The van der Waals surface area contributed by atoms with E-state index in [0.29, 0.717) is 19.3 Å². The largest absolute Gasteiger partial charge is 0.462 e. The van der Waals surface area contributed by atoms with Gasteiger partial charge in [0.25, 0.3) is 0 Å². The number of ether oxygens (including phenoxy) is 3. The molecular formula is C41H78O6. The van der Waals surface area contributed by atoms with Gasteiger partial charge in [0, 0.05) is 19.3 Å². The quantitative estimate of drug-likeness (QED) is 0.0380. The monoisotopic (exact) mass is 667 g/mol. The fourth-order valence-corrected chi connectivity index (χ4v) is 5.87. The molecule has 1 atom stereocenters. The van der Waals surface area contributed by atoms with Crippen LogP contribution in [-0.4, -0.2) is 37.2 Å². The molecule has 0 saturated carbocycles. The Kier molecular flexibility index (Phi) is 33.1. The van der Waals surface area contributed by atoms with Crippen LogP contribution in [0.1, 0.15) is 214 Å². The van der Waals surface area contributed by atoms with Crippen molar-refractivity contribution < 1.29 is 28.6 Å². The summed E-state index contributed by atoms with van der Waals surface area (Å²) < 4.78 is 16.6. The maximum Gasteiger partial charge on any atom is 0.306 e. The van der Waals surface area contributed by atoms with E-state index in [1.807, 2.05) is 0 Å². The molecule has 0 aromatic rings. The lowest BCUT2D eigenvalue weighted by Gasteiger charge is -2.18. The van der Waals surface area contributed by atoms with Crippen molar-refractivity contribution in [2.75, 3.05) is 13.2 Å². The van der Waals surface area contributed by atoms with E-state index in [2.05, 4.69) is 34.6 Å². The standard InChI is InChI=1S/C41H78O6/c1-6-7-8-9-10-11-12-15-21-26-31-39(42)45-34-38(47-41(44)33-28-23-18-17-20-25-30-37(4)5)35-46-40(43)32-27-22-16-13-14-19-24-29-36(2)3/h36-38H,6-35H2,1-5H3/t38-/m0/s1. The normalized spacial score (nSPS) is 12.1. The Bertz CT molecular complexity index is 719. The van der Waals surface area contributed by atoms with Crippen molar-refractivity contribution in [3.63, 3.8) is 0 Å². The van der Waals surface area contributed by atoms with Crippen LogP contribution in [0, 0.1) is 11.8 Å². The van der Waals surface area contributed by atoms with E-state index >= 15 is 0 Å². The van der Waals surface area contributed by atoms with Gasteiger partial charge in [-0.05, 0) is 31.1 Å². The summed E-state index contributed by atoms with van der Waals surface area (Å²) in [6.07, 6.45) is 29.7. The molecule has 0 spiro atoms. The van der Waals surface area contributed by atoms with E-state index in [0.717, 1.165) is 69.6 Å². The first kappa shape index (κ1) is 45.4. The summed E-state index contributed by atoms with van der Waals surface area (Å²) in [6.45, 7) is 11.2. The number of hydrogen-bond acceptors (Lipinski definition) is 6. The van der Waals surface area contributed by atoms with E-state index in [-0.39, 0.29) is 31.1 Å². The summed E-state index contributed by atoms with van der Waals surface area (Å²) in [5.41, 5.74) is 0. The minimum Gasteiger partial charge on any atom is -0.462 e. The molecule has 0 unspecified atom stereocenters. The molecule has 6 nitrogen and oxygen atoms in total. The Morgan fingerprint density at radius 1 is 0.404 bits per heavy atom. The Morgan fingerprint density at radius 3 is 1.04 bits per heavy atom. The lowest BCUT2D eigenvalue weighted by molar-refractivity contribution is -0.167. The SMILES string of the molecule is CCCCCCCCCCCCC(=O)OC[C@@H](COC(=O)CCCCCCCCCC(C)C)OC(=O)CCCCCCCCC(C)C. The average Bonchev–Trinajstić information content (AvgIpc) is 3.03. The Morgan fingerprint density at radius 2 is 0.702 bits per heavy atom. The highest BCUT2D eigenvalue weighted by Crippen LogP contribution is 2.15. The highest BCUT2D eigenvalue weighted by molar-refractivity contribution is 5.71. The molecule has 0 rings (SSSR count). The maximum atomic E-state index is 12.6. The van der Waals surface area contributed by atoms with Crippen LogP contribution >= 0.6 is 0 Å². The third-order valence-electron chi connectivity index (χ3n) is 8.97. The van der Waals surface area contributed by atoms with Crippen LogP contribution < -0.4 is 0 Å². The molecule has 0 aliphatic rings. The van der Waals surface area contributed by atoms with Crippen molar-refractivity contribution in [3.8, 4) is 0 Å². The predicted octanol–water partition coefficient (Wildman–Crippen LogP) is 12.2. The summed E-state index contributed by atoms with van der Waals surface area (Å²) in [5.74, 6) is 0.667. The first-order valence-electron chi connectivity index (χ1n) is 20.2. The van der Waals surface area contributed by atoms with Crippen molar-refractivity contribution in [1.82, 2.24) is 0 Å². The second-order valence-corrected chi connectivity index (χ2v) is 14.9. The molecule has 278 valence electrons. The van der Waals surface area contributed by atoms with E-state index in [4.69, 9.17) is 14.2 Å². The van der Waals surface area contributed by atoms with Gasteiger partial charge in [-0.2, -0.15) is 0 Å². The number of esters is 3. The van der Waals surface area contributed by atoms with Crippen molar-refractivity contribution in [3.05, 3.63) is 0 Å². The lowest BCUT2D eigenvalue weighted by atomic mass is 10.0. The van der Waals surface area contributed by atoms with Gasteiger partial charge >= 0.3 is 17.9 Å². The molecule has 0 bridgehead atoms. The van der Waals surface area contributed by atoms with Crippen molar-refractivity contribution in [2.24, 2.45) is 11.8 Å². The average molecular weight is 667 g/mol. The van der Waals surface area contributed by atoms with Crippen LogP contribution in [0.4, 0.5) is 0 Å². The second kappa shape index (κ2) is 34.3. The molecule has 0 aromatic carbocycles. The zero-order valence-electron chi connectivity index (χ0n) is 31.9. The highest BCUT2D eigenvalue weighted by atomic mass is 16.6. The van der Waals surface area contributed by atoms with E-state index < -0.39 is 6.10 Å². The third-order valence-corrected chi connectivity index (χ3v) is 8.97. The highest BCUT2D eigenvalue weighted by Gasteiger charge is 2.19. The summed E-state index contributed by atoms with van der Waals surface area (Å²) in [7, 11) is 0. The molecule has 0 aliphatic carbocycles. The van der Waals surface area contributed by atoms with Gasteiger partial charge in [-0.15, -0.1) is 0 Å². The first-order chi connectivity index (χ1) is 22.7.